The number of ether oxygens (including phenoxy) is 1. The molecule has 0 aromatic heterocycles. The highest BCUT2D eigenvalue weighted by molar-refractivity contribution is 5.76. The minimum atomic E-state index is 0.521. The van der Waals surface area contributed by atoms with Gasteiger partial charge < -0.3 is 4.74 Å². The predicted octanol–water partition coefficient (Wildman–Crippen LogP) is 1.67. The molecule has 0 bridgehead atoms. The molecule has 0 heterocycles. The maximum atomic E-state index is 6.37. The third kappa shape index (κ3) is 3.53. The van der Waals surface area contributed by atoms with Crippen LogP contribution in [-0.2, 0) is 4.74 Å². The van der Waals surface area contributed by atoms with Gasteiger partial charge in [-0.15, -0.1) is 4.95 Å². The molecule has 0 saturated carbocycles. The Bertz CT molecular complexity index is 134. The lowest BCUT2D eigenvalue weighted by Gasteiger charge is -1.93. The first-order valence-electron chi connectivity index (χ1n) is 2.82. The fraction of sp³-hybridized carbons (Fsp3) is 0.667. The van der Waals surface area contributed by atoms with Gasteiger partial charge in [0, 0.05) is 6.42 Å². The Morgan fingerprint density at radius 2 is 2.44 bits per heavy atom. The summed E-state index contributed by atoms with van der Waals surface area (Å²) < 4.78 is 4.77. The third-order valence-corrected chi connectivity index (χ3v) is 0.861. The molecule has 0 spiro atoms. The van der Waals surface area contributed by atoms with E-state index in [0.29, 0.717) is 5.90 Å². The van der Waals surface area contributed by atoms with Gasteiger partial charge in [0.1, 0.15) is 5.10 Å². The van der Waals surface area contributed by atoms with Gasteiger partial charge in [0.2, 0.25) is 0 Å². The van der Waals surface area contributed by atoms with E-state index < -0.39 is 0 Å². The molecule has 0 N–H and O–H groups in total. The van der Waals surface area contributed by atoms with Crippen molar-refractivity contribution in [1.82, 2.24) is 0 Å². The fourth-order valence-electron chi connectivity index (χ4n) is 0.463. The highest BCUT2D eigenvalue weighted by Gasteiger charge is 1.96. The van der Waals surface area contributed by atoms with Gasteiger partial charge in [0.25, 0.3) is 5.90 Å². The van der Waals surface area contributed by atoms with Crippen LogP contribution in [0.15, 0.2) is 5.10 Å². The van der Waals surface area contributed by atoms with Gasteiger partial charge in [-0.1, -0.05) is 6.92 Å². The number of nitrogens with zero attached hydrogens (tertiary/aromatic N) is 2. The van der Waals surface area contributed by atoms with Gasteiger partial charge in [0.15, 0.2) is 0 Å². The van der Waals surface area contributed by atoms with E-state index in [2.05, 4.69) is 10.1 Å². The van der Waals surface area contributed by atoms with Crippen molar-refractivity contribution in [1.29, 1.82) is 0 Å². The van der Waals surface area contributed by atoms with Crippen molar-refractivity contribution in [3.05, 3.63) is 11.5 Å². The standard InChI is InChI=1S/C6H10N2O/c1-4-5-6(9-3)8-7-2/h4-5H2,1,3H3. The van der Waals surface area contributed by atoms with E-state index in [4.69, 9.17) is 11.3 Å². The Morgan fingerprint density at radius 1 is 1.78 bits per heavy atom. The number of rotatable bonds is 2. The second kappa shape index (κ2) is 5.10. The number of hydrogen-bond donors (Lipinski definition) is 0. The molecule has 0 aliphatic rings. The van der Waals surface area contributed by atoms with Crippen molar-refractivity contribution >= 4 is 5.90 Å². The summed E-state index contributed by atoms with van der Waals surface area (Å²) in [5.74, 6) is 0.521. The van der Waals surface area contributed by atoms with Gasteiger partial charge in [0.05, 0.1) is 7.11 Å². The lowest BCUT2D eigenvalue weighted by molar-refractivity contribution is 0.389. The van der Waals surface area contributed by atoms with Crippen molar-refractivity contribution in [3.8, 4) is 0 Å². The molecule has 3 heteroatoms. The smallest absolute Gasteiger partial charge is 0.269 e. The summed E-state index contributed by atoms with van der Waals surface area (Å²) in [5.41, 5.74) is 0. The predicted molar refractivity (Wildman–Crippen MR) is 36.0 cm³/mol. The van der Waals surface area contributed by atoms with Crippen LogP contribution in [0.2, 0.25) is 0 Å². The highest BCUT2D eigenvalue weighted by Crippen LogP contribution is 1.92. The van der Waals surface area contributed by atoms with E-state index >= 15 is 0 Å². The van der Waals surface area contributed by atoms with E-state index in [1.165, 1.54) is 7.11 Å². The first-order chi connectivity index (χ1) is 4.35. The highest BCUT2D eigenvalue weighted by atomic mass is 16.5. The Kier molecular flexibility index (Phi) is 4.51. The van der Waals surface area contributed by atoms with E-state index in [-0.39, 0.29) is 0 Å². The normalized spacial score (nSPS) is 10.6. The Morgan fingerprint density at radius 3 is 2.78 bits per heavy atom. The van der Waals surface area contributed by atoms with Gasteiger partial charge in [-0.2, -0.15) is 6.57 Å². The van der Waals surface area contributed by atoms with Crippen LogP contribution < -0.4 is 0 Å². The Labute approximate surface area is 55.1 Å². The summed E-state index contributed by atoms with van der Waals surface area (Å²) in [7, 11) is 1.53. The van der Waals surface area contributed by atoms with Gasteiger partial charge >= 0.3 is 0 Å². The SMILES string of the molecule is [C-]#[N+]N=C(CCC)OC. The minimum absolute atomic E-state index is 0.521. The summed E-state index contributed by atoms with van der Waals surface area (Å²) in [5, 5.41) is 3.42. The van der Waals surface area contributed by atoms with Crippen LogP contribution in [0.25, 0.3) is 4.95 Å². The Balaban J connectivity index is 3.70. The molecule has 0 rings (SSSR count). The monoisotopic (exact) mass is 126 g/mol. The molecule has 0 aromatic carbocycles. The van der Waals surface area contributed by atoms with Crippen LogP contribution >= 0.6 is 0 Å². The van der Waals surface area contributed by atoms with Crippen LogP contribution in [0.3, 0.4) is 0 Å². The molecule has 0 fully saturated rings. The van der Waals surface area contributed by atoms with Crippen molar-refractivity contribution in [2.75, 3.05) is 7.11 Å². The average molecular weight is 126 g/mol. The Hall–Kier alpha value is -1.04. The van der Waals surface area contributed by atoms with Crippen molar-refractivity contribution in [2.24, 2.45) is 5.10 Å². The van der Waals surface area contributed by atoms with Crippen molar-refractivity contribution < 1.29 is 4.74 Å². The molecule has 0 radical (unpaired) electrons. The molecule has 50 valence electrons. The molecule has 0 unspecified atom stereocenters. The lowest BCUT2D eigenvalue weighted by Crippen LogP contribution is -1.98. The maximum absolute atomic E-state index is 6.37. The average Bonchev–Trinajstić information content (AvgIpc) is 1.88. The topological polar surface area (TPSA) is 25.9 Å². The molecule has 0 aliphatic carbocycles. The zero-order chi connectivity index (χ0) is 7.11. The third-order valence-electron chi connectivity index (χ3n) is 0.861. The maximum Gasteiger partial charge on any atom is 0.269 e. The lowest BCUT2D eigenvalue weighted by atomic mass is 10.3. The van der Waals surface area contributed by atoms with Crippen molar-refractivity contribution in [2.45, 2.75) is 19.8 Å². The summed E-state index contributed by atoms with van der Waals surface area (Å²) in [6, 6.07) is 0. The molecule has 3 nitrogen and oxygen atoms in total. The molecule has 0 atom stereocenters. The molecule has 0 aromatic rings. The second-order valence-electron chi connectivity index (χ2n) is 1.55. The van der Waals surface area contributed by atoms with Crippen molar-refractivity contribution in [3.63, 3.8) is 0 Å². The first-order valence-corrected chi connectivity index (χ1v) is 2.82. The van der Waals surface area contributed by atoms with Gasteiger partial charge in [-0.05, 0) is 6.42 Å². The summed E-state index contributed by atoms with van der Waals surface area (Å²) in [6.07, 6.45) is 1.71. The van der Waals surface area contributed by atoms with E-state index in [1.807, 2.05) is 6.92 Å². The molecule has 0 aliphatic heterocycles. The molecule has 0 saturated heterocycles. The van der Waals surface area contributed by atoms with Crippen LogP contribution in [-0.4, -0.2) is 13.0 Å². The van der Waals surface area contributed by atoms with Crippen LogP contribution in [0.4, 0.5) is 0 Å². The molecular formula is C6H10N2O. The summed E-state index contributed by atoms with van der Waals surface area (Å²) >= 11 is 0. The zero-order valence-electron chi connectivity index (χ0n) is 5.72. The fourth-order valence-corrected chi connectivity index (χ4v) is 0.463. The summed E-state index contributed by atoms with van der Waals surface area (Å²) in [6.45, 7) is 8.38. The quantitative estimate of drug-likeness (QED) is 0.239. The van der Waals surface area contributed by atoms with Crippen LogP contribution in [0.1, 0.15) is 19.8 Å². The van der Waals surface area contributed by atoms with E-state index in [0.717, 1.165) is 12.8 Å². The van der Waals surface area contributed by atoms with Crippen LogP contribution in [0, 0.1) is 6.57 Å². The second-order valence-corrected chi connectivity index (χ2v) is 1.55. The van der Waals surface area contributed by atoms with Crippen LogP contribution in [0.5, 0.6) is 0 Å². The number of hydrogen-bond acceptors (Lipinski definition) is 2. The first kappa shape index (κ1) is 7.96. The molecule has 0 amide bonds. The van der Waals surface area contributed by atoms with Gasteiger partial charge in [-0.25, -0.2) is 0 Å². The minimum Gasteiger partial charge on any atom is -0.479 e. The molecular weight excluding hydrogens is 116 g/mol. The number of methoxy groups -OCH3 is 1. The largest absolute Gasteiger partial charge is 0.479 e. The summed E-state index contributed by atoms with van der Waals surface area (Å²) in [4.78, 5) is 2.84. The van der Waals surface area contributed by atoms with E-state index in [9.17, 15) is 0 Å². The zero-order valence-corrected chi connectivity index (χ0v) is 5.72. The molecule has 9 heavy (non-hydrogen) atoms. The van der Waals surface area contributed by atoms with Gasteiger partial charge in [-0.3, -0.25) is 0 Å². The van der Waals surface area contributed by atoms with E-state index in [1.54, 1.807) is 0 Å².